The summed E-state index contributed by atoms with van der Waals surface area (Å²) in [5, 5.41) is 0. The minimum absolute atomic E-state index is 0.139. The number of hydrogen-bond acceptors (Lipinski definition) is 3. The Morgan fingerprint density at radius 1 is 1.21 bits per heavy atom. The van der Waals surface area contributed by atoms with E-state index in [0.29, 0.717) is 24.6 Å². The van der Waals surface area contributed by atoms with Crippen molar-refractivity contribution in [1.82, 2.24) is 4.90 Å². The molecule has 0 atom stereocenters. The van der Waals surface area contributed by atoms with Crippen molar-refractivity contribution in [3.63, 3.8) is 0 Å². The summed E-state index contributed by atoms with van der Waals surface area (Å²) in [6.07, 6.45) is 0. The molecule has 100 valence electrons. The average molecular weight is 258 g/mol. The summed E-state index contributed by atoms with van der Waals surface area (Å²) in [7, 11) is 1.76. The lowest BCUT2D eigenvalue weighted by Crippen LogP contribution is -2.25. The maximum Gasteiger partial charge on any atom is 0.289 e. The lowest BCUT2D eigenvalue weighted by Gasteiger charge is -2.15. The number of amides is 1. The summed E-state index contributed by atoms with van der Waals surface area (Å²) in [6.45, 7) is 2.89. The molecular weight excluding hydrogens is 240 g/mol. The Bertz CT molecular complexity index is 558. The van der Waals surface area contributed by atoms with Crippen molar-refractivity contribution >= 4 is 5.91 Å². The van der Waals surface area contributed by atoms with Crippen LogP contribution in [0.25, 0.3) is 0 Å². The second-order valence-electron chi connectivity index (χ2n) is 4.62. The number of carbonyl (C=O) groups is 1. The van der Waals surface area contributed by atoms with Crippen molar-refractivity contribution in [3.05, 3.63) is 59.0 Å². The number of aryl methyl sites for hydroxylation is 1. The van der Waals surface area contributed by atoms with Crippen molar-refractivity contribution in [3.8, 4) is 0 Å². The van der Waals surface area contributed by atoms with Crippen LogP contribution in [0.15, 0.2) is 40.8 Å². The third-order valence-electron chi connectivity index (χ3n) is 2.96. The van der Waals surface area contributed by atoms with Gasteiger partial charge in [-0.1, -0.05) is 29.8 Å². The number of furan rings is 1. The SMILES string of the molecule is Cc1ccc(CN(C)C(=O)c2ccc(CN)o2)cc1. The first-order valence-electron chi connectivity index (χ1n) is 6.20. The van der Waals surface area contributed by atoms with E-state index >= 15 is 0 Å². The van der Waals surface area contributed by atoms with E-state index in [0.717, 1.165) is 5.56 Å². The highest BCUT2D eigenvalue weighted by atomic mass is 16.4. The first kappa shape index (κ1) is 13.4. The summed E-state index contributed by atoms with van der Waals surface area (Å²) in [5.41, 5.74) is 7.75. The molecule has 2 aromatic rings. The number of benzene rings is 1. The zero-order chi connectivity index (χ0) is 13.8. The molecule has 4 heteroatoms. The van der Waals surface area contributed by atoms with Crippen LogP contribution in [0.1, 0.15) is 27.4 Å². The smallest absolute Gasteiger partial charge is 0.289 e. The quantitative estimate of drug-likeness (QED) is 0.915. The molecule has 1 heterocycles. The molecule has 2 N–H and O–H groups in total. The van der Waals surface area contributed by atoms with Crippen LogP contribution in [0.5, 0.6) is 0 Å². The Hall–Kier alpha value is -2.07. The lowest BCUT2D eigenvalue weighted by atomic mass is 10.1. The summed E-state index contributed by atoms with van der Waals surface area (Å²) in [5.74, 6) is 0.808. The summed E-state index contributed by atoms with van der Waals surface area (Å²) in [4.78, 5) is 13.8. The van der Waals surface area contributed by atoms with Crippen LogP contribution in [0, 0.1) is 6.92 Å². The van der Waals surface area contributed by atoms with Gasteiger partial charge in [0, 0.05) is 13.6 Å². The van der Waals surface area contributed by atoms with E-state index in [9.17, 15) is 4.79 Å². The Kier molecular flexibility index (Phi) is 4.02. The van der Waals surface area contributed by atoms with Crippen LogP contribution in [0.4, 0.5) is 0 Å². The van der Waals surface area contributed by atoms with Gasteiger partial charge in [0.2, 0.25) is 0 Å². The van der Waals surface area contributed by atoms with Crippen molar-refractivity contribution < 1.29 is 9.21 Å². The maximum atomic E-state index is 12.1. The fraction of sp³-hybridized carbons (Fsp3) is 0.267. The predicted molar refractivity (Wildman–Crippen MR) is 73.6 cm³/mol. The van der Waals surface area contributed by atoms with Gasteiger partial charge in [0.05, 0.1) is 6.54 Å². The average Bonchev–Trinajstić information content (AvgIpc) is 2.89. The summed E-state index contributed by atoms with van der Waals surface area (Å²) in [6, 6.07) is 11.5. The number of nitrogens with zero attached hydrogens (tertiary/aromatic N) is 1. The van der Waals surface area contributed by atoms with E-state index in [1.807, 2.05) is 31.2 Å². The molecule has 0 bridgehead atoms. The van der Waals surface area contributed by atoms with Crippen molar-refractivity contribution in [2.75, 3.05) is 7.05 Å². The predicted octanol–water partition coefficient (Wildman–Crippen LogP) is 2.32. The highest BCUT2D eigenvalue weighted by Gasteiger charge is 2.15. The van der Waals surface area contributed by atoms with Gasteiger partial charge in [-0.05, 0) is 24.6 Å². The normalized spacial score (nSPS) is 10.5. The fourth-order valence-corrected chi connectivity index (χ4v) is 1.83. The maximum absolute atomic E-state index is 12.1. The molecule has 0 fully saturated rings. The molecule has 19 heavy (non-hydrogen) atoms. The molecule has 0 aliphatic rings. The van der Waals surface area contributed by atoms with Crippen LogP contribution < -0.4 is 5.73 Å². The molecule has 0 saturated heterocycles. The van der Waals surface area contributed by atoms with E-state index in [2.05, 4.69) is 0 Å². The van der Waals surface area contributed by atoms with Crippen LogP contribution in [-0.2, 0) is 13.1 Å². The molecule has 1 aromatic heterocycles. The van der Waals surface area contributed by atoms with Gasteiger partial charge in [-0.25, -0.2) is 0 Å². The molecular formula is C15H18N2O2. The van der Waals surface area contributed by atoms with Crippen molar-refractivity contribution in [2.45, 2.75) is 20.0 Å². The van der Waals surface area contributed by atoms with Crippen molar-refractivity contribution in [1.29, 1.82) is 0 Å². The minimum Gasteiger partial charge on any atom is -0.455 e. The van der Waals surface area contributed by atoms with Gasteiger partial charge in [0.1, 0.15) is 5.76 Å². The Balaban J connectivity index is 2.04. The molecule has 0 aliphatic heterocycles. The molecule has 2 rings (SSSR count). The monoisotopic (exact) mass is 258 g/mol. The van der Waals surface area contributed by atoms with Crippen LogP contribution in [0.3, 0.4) is 0 Å². The highest BCUT2D eigenvalue weighted by molar-refractivity contribution is 5.91. The number of nitrogens with two attached hydrogens (primary N) is 1. The fourth-order valence-electron chi connectivity index (χ4n) is 1.83. The molecule has 0 unspecified atom stereocenters. The van der Waals surface area contributed by atoms with Gasteiger partial charge in [0.25, 0.3) is 5.91 Å². The van der Waals surface area contributed by atoms with Gasteiger partial charge >= 0.3 is 0 Å². The third-order valence-corrected chi connectivity index (χ3v) is 2.96. The van der Waals surface area contributed by atoms with E-state index < -0.39 is 0 Å². The van der Waals surface area contributed by atoms with E-state index in [1.54, 1.807) is 24.1 Å². The van der Waals surface area contributed by atoms with Crippen LogP contribution >= 0.6 is 0 Å². The molecule has 1 aromatic carbocycles. The Morgan fingerprint density at radius 2 is 1.89 bits per heavy atom. The Labute approximate surface area is 112 Å². The molecule has 1 amide bonds. The third kappa shape index (κ3) is 3.23. The second kappa shape index (κ2) is 5.71. The van der Waals surface area contributed by atoms with Gasteiger partial charge in [-0.2, -0.15) is 0 Å². The zero-order valence-corrected chi connectivity index (χ0v) is 11.2. The summed E-state index contributed by atoms with van der Waals surface area (Å²) >= 11 is 0. The first-order valence-corrected chi connectivity index (χ1v) is 6.20. The molecule has 0 spiro atoms. The number of hydrogen-bond donors (Lipinski definition) is 1. The van der Waals surface area contributed by atoms with Gasteiger partial charge in [-0.15, -0.1) is 0 Å². The largest absolute Gasteiger partial charge is 0.455 e. The van der Waals surface area contributed by atoms with Gasteiger partial charge in [0.15, 0.2) is 5.76 Å². The van der Waals surface area contributed by atoms with E-state index in [-0.39, 0.29) is 5.91 Å². The van der Waals surface area contributed by atoms with E-state index in [1.165, 1.54) is 5.56 Å². The number of rotatable bonds is 4. The van der Waals surface area contributed by atoms with Crippen LogP contribution in [0.2, 0.25) is 0 Å². The second-order valence-corrected chi connectivity index (χ2v) is 4.62. The molecule has 0 aliphatic carbocycles. The molecule has 0 radical (unpaired) electrons. The first-order chi connectivity index (χ1) is 9.10. The number of carbonyl (C=O) groups excluding carboxylic acids is 1. The summed E-state index contributed by atoms with van der Waals surface area (Å²) < 4.78 is 5.36. The zero-order valence-electron chi connectivity index (χ0n) is 11.2. The van der Waals surface area contributed by atoms with Gasteiger partial charge in [-0.3, -0.25) is 4.79 Å². The minimum atomic E-state index is -0.139. The van der Waals surface area contributed by atoms with E-state index in [4.69, 9.17) is 10.2 Å². The Morgan fingerprint density at radius 3 is 2.47 bits per heavy atom. The topological polar surface area (TPSA) is 59.5 Å². The molecule has 0 saturated carbocycles. The lowest BCUT2D eigenvalue weighted by molar-refractivity contribution is 0.0751. The van der Waals surface area contributed by atoms with Gasteiger partial charge < -0.3 is 15.1 Å². The standard InChI is InChI=1S/C15H18N2O2/c1-11-3-5-12(6-4-11)10-17(2)15(18)14-8-7-13(9-16)19-14/h3-8H,9-10,16H2,1-2H3. The van der Waals surface area contributed by atoms with Crippen molar-refractivity contribution in [2.24, 2.45) is 5.73 Å². The van der Waals surface area contributed by atoms with Crippen LogP contribution in [-0.4, -0.2) is 17.9 Å². The molecule has 4 nitrogen and oxygen atoms in total. The highest BCUT2D eigenvalue weighted by Crippen LogP contribution is 2.12.